The predicted octanol–water partition coefficient (Wildman–Crippen LogP) is 4.56. The minimum Gasteiger partial charge on any atom is -0.490 e. The minimum absolute atomic E-state index is 0.0374. The van der Waals surface area contributed by atoms with Crippen molar-refractivity contribution in [2.45, 2.75) is 76.0 Å². The number of piperidine rings is 2. The highest BCUT2D eigenvalue weighted by Gasteiger charge is 2.45. The largest absolute Gasteiger partial charge is 0.490 e. The Bertz CT molecular complexity index is 2120. The molecule has 302 valence electrons. The number of hydrogen-bond acceptors (Lipinski definition) is 11. The average Bonchev–Trinajstić information content (AvgIpc) is 3.49. The van der Waals surface area contributed by atoms with Crippen LogP contribution >= 0.6 is 11.6 Å². The number of fused-ring (bicyclic) bond motifs is 1. The third-order valence-electron chi connectivity index (χ3n) is 12.3. The van der Waals surface area contributed by atoms with Crippen LogP contribution < -0.4 is 25.2 Å². The van der Waals surface area contributed by atoms with E-state index in [1.165, 1.54) is 0 Å². The molecule has 3 aromatic rings. The summed E-state index contributed by atoms with van der Waals surface area (Å²) < 4.78 is 6.09. The van der Waals surface area contributed by atoms with Crippen LogP contribution in [0, 0.1) is 17.2 Å². The van der Waals surface area contributed by atoms with Crippen LogP contribution in [0.25, 0.3) is 0 Å². The molecule has 4 fully saturated rings. The molecule has 2 N–H and O–H groups in total. The molecule has 5 amide bonds. The van der Waals surface area contributed by atoms with Crippen molar-refractivity contribution in [2.24, 2.45) is 5.92 Å². The van der Waals surface area contributed by atoms with Gasteiger partial charge in [0.25, 0.3) is 17.7 Å². The smallest absolute Gasteiger partial charge is 0.262 e. The summed E-state index contributed by atoms with van der Waals surface area (Å²) in [6, 6.07) is 15.4. The topological polar surface area (TPSA) is 168 Å². The average molecular weight is 807 g/mol. The lowest BCUT2D eigenvalue weighted by molar-refractivity contribution is -0.136. The van der Waals surface area contributed by atoms with Crippen molar-refractivity contribution in [1.82, 2.24) is 25.4 Å². The molecule has 0 spiro atoms. The number of aromatic nitrogens is 1. The highest BCUT2D eigenvalue weighted by Crippen LogP contribution is 2.32. The second-order valence-corrected chi connectivity index (χ2v) is 16.4. The molecule has 15 heteroatoms. The maximum Gasteiger partial charge on any atom is 0.262 e. The van der Waals surface area contributed by atoms with Gasteiger partial charge in [-0.1, -0.05) is 11.6 Å². The van der Waals surface area contributed by atoms with Gasteiger partial charge in [0.15, 0.2) is 0 Å². The van der Waals surface area contributed by atoms with Gasteiger partial charge in [0.1, 0.15) is 23.7 Å². The Labute approximate surface area is 342 Å². The van der Waals surface area contributed by atoms with Gasteiger partial charge in [-0.25, -0.2) is 4.98 Å². The summed E-state index contributed by atoms with van der Waals surface area (Å²) in [6.45, 7) is 6.31. The molecule has 1 saturated carbocycles. The number of carbonyl (C=O) groups is 5. The normalized spacial score (nSPS) is 23.0. The second-order valence-electron chi connectivity index (χ2n) is 15.9. The van der Waals surface area contributed by atoms with Crippen LogP contribution in [0.3, 0.4) is 0 Å². The number of nitrogens with one attached hydrogen (secondary N) is 2. The molecular formula is C43H47ClN8O6. The van der Waals surface area contributed by atoms with Crippen LogP contribution in [-0.2, 0) is 9.59 Å². The lowest BCUT2D eigenvalue weighted by atomic mass is 9.92. The van der Waals surface area contributed by atoms with Crippen molar-refractivity contribution in [1.29, 1.82) is 5.26 Å². The van der Waals surface area contributed by atoms with E-state index in [2.05, 4.69) is 36.4 Å². The Morgan fingerprint density at radius 3 is 2.31 bits per heavy atom. The van der Waals surface area contributed by atoms with Gasteiger partial charge < -0.3 is 19.9 Å². The zero-order valence-corrected chi connectivity index (χ0v) is 33.1. The van der Waals surface area contributed by atoms with E-state index in [9.17, 15) is 24.0 Å². The van der Waals surface area contributed by atoms with Crippen molar-refractivity contribution < 1.29 is 28.7 Å². The summed E-state index contributed by atoms with van der Waals surface area (Å²) >= 11 is 6.15. The number of halogens is 1. The zero-order valence-electron chi connectivity index (χ0n) is 32.3. The number of hydrogen-bond donors (Lipinski definition) is 2. The molecule has 1 atom stereocenters. The highest BCUT2D eigenvalue weighted by molar-refractivity contribution is 6.31. The first-order valence-electron chi connectivity index (χ1n) is 20.3. The van der Waals surface area contributed by atoms with E-state index in [-0.39, 0.29) is 30.9 Å². The SMILES string of the molecule is N#Cc1ccc(OC2CCC(NC(=O)c3ccc(N4CCC(CCN5CCN(c6ccc7c(c6)C(=O)N(C6CCC(=O)NC6=O)C7=O)CC5)CC4)nc3)CC2)cc1Cl. The first kappa shape index (κ1) is 39.3. The van der Waals surface area contributed by atoms with Gasteiger partial charge in [0.2, 0.25) is 11.8 Å². The second kappa shape index (κ2) is 17.1. The van der Waals surface area contributed by atoms with Crippen molar-refractivity contribution in [3.63, 3.8) is 0 Å². The minimum atomic E-state index is -0.970. The van der Waals surface area contributed by atoms with Gasteiger partial charge in [-0.2, -0.15) is 5.26 Å². The Morgan fingerprint density at radius 1 is 0.862 bits per heavy atom. The molecule has 1 aromatic heterocycles. The summed E-state index contributed by atoms with van der Waals surface area (Å²) in [6.07, 6.45) is 8.51. The van der Waals surface area contributed by atoms with Crippen LogP contribution in [-0.4, -0.2) is 108 Å². The number of imide groups is 2. The molecule has 0 radical (unpaired) electrons. The van der Waals surface area contributed by atoms with E-state index >= 15 is 0 Å². The molecule has 5 aliphatic rings. The number of nitriles is 1. The van der Waals surface area contributed by atoms with Crippen LogP contribution in [0.2, 0.25) is 5.02 Å². The number of anilines is 2. The van der Waals surface area contributed by atoms with E-state index in [1.54, 1.807) is 36.5 Å². The number of carbonyl (C=O) groups excluding carboxylic acids is 5. The molecule has 0 bridgehead atoms. The summed E-state index contributed by atoms with van der Waals surface area (Å²) in [5, 5.41) is 14.9. The Hall–Kier alpha value is -5.52. The molecule has 58 heavy (non-hydrogen) atoms. The molecule has 14 nitrogen and oxygen atoms in total. The number of ether oxygens (including phenoxy) is 1. The molecule has 5 heterocycles. The van der Waals surface area contributed by atoms with E-state index in [0.717, 1.165) is 107 Å². The fourth-order valence-corrected chi connectivity index (χ4v) is 9.07. The molecule has 1 unspecified atom stereocenters. The standard InChI is InChI=1S/C43H47ClN8O6/c44-36-24-33(6-1-28(36)25-45)58-32-7-3-30(4-8-32)47-40(54)29-2-11-38(46-26-29)51-17-14-27(15-18-51)13-16-49-19-21-50(22-20-49)31-5-9-34-35(23-31)43(57)52(42(34)56)37-10-12-39(53)48-41(37)55/h1-2,5-6,9,11,23-24,26-27,30,32,37H,3-4,7-8,10,12-22H2,(H,47,54)(H,48,53,55). The van der Waals surface area contributed by atoms with Crippen LogP contribution in [0.4, 0.5) is 11.5 Å². The Morgan fingerprint density at radius 2 is 1.62 bits per heavy atom. The Balaban J connectivity index is 0.735. The quantitative estimate of drug-likeness (QED) is 0.276. The monoisotopic (exact) mass is 806 g/mol. The number of rotatable bonds is 10. The summed E-state index contributed by atoms with van der Waals surface area (Å²) in [4.78, 5) is 76.2. The highest BCUT2D eigenvalue weighted by atomic mass is 35.5. The Kier molecular flexibility index (Phi) is 11.6. The summed E-state index contributed by atoms with van der Waals surface area (Å²) in [7, 11) is 0. The molecule has 4 aliphatic heterocycles. The van der Waals surface area contributed by atoms with Gasteiger partial charge in [0.05, 0.1) is 33.4 Å². The third kappa shape index (κ3) is 8.51. The van der Waals surface area contributed by atoms with E-state index in [1.807, 2.05) is 18.2 Å². The molecular weight excluding hydrogens is 760 g/mol. The summed E-state index contributed by atoms with van der Waals surface area (Å²) in [5.41, 5.74) is 2.47. The van der Waals surface area contributed by atoms with Crippen molar-refractivity contribution in [2.75, 3.05) is 55.6 Å². The van der Waals surface area contributed by atoms with Gasteiger partial charge >= 0.3 is 0 Å². The molecule has 1 aliphatic carbocycles. The third-order valence-corrected chi connectivity index (χ3v) is 12.6. The first-order chi connectivity index (χ1) is 28.1. The van der Waals surface area contributed by atoms with Crippen LogP contribution in [0.1, 0.15) is 94.4 Å². The van der Waals surface area contributed by atoms with Crippen molar-refractivity contribution in [3.8, 4) is 11.8 Å². The van der Waals surface area contributed by atoms with E-state index in [0.29, 0.717) is 38.9 Å². The number of amides is 5. The lowest BCUT2D eigenvalue weighted by Gasteiger charge is -2.38. The zero-order chi connectivity index (χ0) is 40.3. The van der Waals surface area contributed by atoms with Gasteiger partial charge in [-0.15, -0.1) is 0 Å². The number of pyridine rings is 1. The maximum absolute atomic E-state index is 13.3. The lowest BCUT2D eigenvalue weighted by Crippen LogP contribution is -2.54. The predicted molar refractivity (Wildman–Crippen MR) is 216 cm³/mol. The summed E-state index contributed by atoms with van der Waals surface area (Å²) in [5.74, 6) is 0.0997. The number of piperazine rings is 1. The van der Waals surface area contributed by atoms with Gasteiger partial charge in [-0.3, -0.25) is 39.1 Å². The maximum atomic E-state index is 13.3. The molecule has 8 rings (SSSR count). The first-order valence-corrected chi connectivity index (χ1v) is 20.7. The van der Waals surface area contributed by atoms with E-state index < -0.39 is 29.7 Å². The number of benzene rings is 2. The fraction of sp³-hybridized carbons (Fsp3) is 0.465. The number of nitrogens with zero attached hydrogens (tertiary/aromatic N) is 6. The van der Waals surface area contributed by atoms with Crippen molar-refractivity contribution >= 4 is 52.6 Å². The van der Waals surface area contributed by atoms with Crippen molar-refractivity contribution in [3.05, 3.63) is 82.0 Å². The molecule has 2 aromatic carbocycles. The fourth-order valence-electron chi connectivity index (χ4n) is 8.85. The van der Waals surface area contributed by atoms with Gasteiger partial charge in [-0.05, 0) is 106 Å². The van der Waals surface area contributed by atoms with E-state index in [4.69, 9.17) is 21.6 Å². The molecule has 3 saturated heterocycles. The van der Waals surface area contributed by atoms with Crippen LogP contribution in [0.5, 0.6) is 5.75 Å². The van der Waals surface area contributed by atoms with Crippen LogP contribution in [0.15, 0.2) is 54.7 Å². The van der Waals surface area contributed by atoms with Gasteiger partial charge in [0, 0.05) is 69.7 Å².